The Labute approximate surface area is 765 Å². The van der Waals surface area contributed by atoms with Gasteiger partial charge < -0.3 is 155 Å². The molecule has 5 aliphatic heterocycles. The molecule has 0 aromatic heterocycles. The smallest absolute Gasteiger partial charge is 0.311 e. The number of ether oxygens (including phenoxy) is 26. The molecule has 6 N–H and O–H groups in total. The summed E-state index contributed by atoms with van der Waals surface area (Å²) in [7, 11) is 9.72. The molecule has 6 aliphatic rings. The van der Waals surface area contributed by atoms with E-state index in [-0.39, 0.29) is 189 Å². The number of aliphatic carboxylic acids is 1. The van der Waals surface area contributed by atoms with E-state index in [1.54, 1.807) is 66.9 Å². The summed E-state index contributed by atoms with van der Waals surface area (Å²) >= 11 is 0. The lowest BCUT2D eigenvalue weighted by Gasteiger charge is -2.33. The van der Waals surface area contributed by atoms with E-state index in [0.29, 0.717) is 242 Å². The molecule has 1 aliphatic carbocycles. The van der Waals surface area contributed by atoms with Crippen molar-refractivity contribution < 1.29 is 148 Å². The maximum atomic E-state index is 15.9. The van der Waals surface area contributed by atoms with Gasteiger partial charge in [0.1, 0.15) is 52.9 Å². The van der Waals surface area contributed by atoms with Crippen LogP contribution in [-0.4, -0.2) is 363 Å². The molecule has 35 heteroatoms. The van der Waals surface area contributed by atoms with Gasteiger partial charge in [0.15, 0.2) is 23.0 Å². The average molecular weight is 1840 g/mol. The number of rotatable bonds is 72. The van der Waals surface area contributed by atoms with Gasteiger partial charge in [-0.2, -0.15) is 0 Å². The van der Waals surface area contributed by atoms with Gasteiger partial charge in [0.25, 0.3) is 0 Å². The van der Waals surface area contributed by atoms with E-state index in [0.717, 1.165) is 12.8 Å². The molecule has 2 aromatic rings. The number of fused-ring (bicyclic) bond motifs is 8. The topological polar surface area (TPSA) is 380 Å². The molecule has 8 bridgehead atoms. The number of nitrogens with one attached hydrogen (secondary N) is 4. The molecule has 0 radical (unpaired) electrons. The van der Waals surface area contributed by atoms with Crippen molar-refractivity contribution in [2.75, 3.05) is 281 Å². The van der Waals surface area contributed by atoms with Crippen molar-refractivity contribution in [2.45, 2.75) is 160 Å². The summed E-state index contributed by atoms with van der Waals surface area (Å²) in [5.41, 5.74) is 1.15. The normalized spacial score (nSPS) is 25.7. The van der Waals surface area contributed by atoms with E-state index in [2.05, 4.69) is 67.7 Å². The number of hydrogen-bond acceptors (Lipinski definition) is 34. The van der Waals surface area contributed by atoms with Crippen LogP contribution in [-0.2, 0) is 122 Å². The summed E-state index contributed by atoms with van der Waals surface area (Å²) in [6.45, 7) is 22.7. The zero-order chi connectivity index (χ0) is 92.0. The van der Waals surface area contributed by atoms with Crippen LogP contribution in [0, 0.1) is 71.0 Å². The molecule has 8 rings (SSSR count). The highest BCUT2D eigenvalue weighted by Gasteiger charge is 2.60. The van der Waals surface area contributed by atoms with Gasteiger partial charge in [0.05, 0.1) is 216 Å². The van der Waals surface area contributed by atoms with Gasteiger partial charge in [-0.3, -0.25) is 14.4 Å². The average Bonchev–Trinajstić information content (AvgIpc) is 1.57. The Hall–Kier alpha value is -5.71. The summed E-state index contributed by atoms with van der Waals surface area (Å²) in [4.78, 5) is 42.8. The molecule has 6 fully saturated rings. The van der Waals surface area contributed by atoms with Crippen LogP contribution in [0.4, 0.5) is 0 Å². The predicted molar refractivity (Wildman–Crippen MR) is 476 cm³/mol. The van der Waals surface area contributed by atoms with E-state index in [1.165, 1.54) is 0 Å². The predicted octanol–water partition coefficient (Wildman–Crippen LogP) is 6.43. The summed E-state index contributed by atoms with van der Waals surface area (Å²) in [6.07, 6.45) is 3.50. The fourth-order valence-corrected chi connectivity index (χ4v) is 18.7. The Morgan fingerprint density at radius 2 is 0.744 bits per heavy atom. The zero-order valence-corrected chi connectivity index (χ0v) is 78.7. The summed E-state index contributed by atoms with van der Waals surface area (Å²) in [5, 5.41) is 39.1. The van der Waals surface area contributed by atoms with Crippen LogP contribution in [0.15, 0.2) is 24.3 Å². The Bertz CT molecular complexity index is 3330. The van der Waals surface area contributed by atoms with Crippen LogP contribution in [0.25, 0.3) is 0 Å². The number of carbonyl (C=O) groups is 3. The molecular formula is C94H156N4O31. The number of aliphatic hydroxyl groups is 1. The third kappa shape index (κ3) is 37.5. The Morgan fingerprint density at radius 3 is 1.15 bits per heavy atom. The summed E-state index contributed by atoms with van der Waals surface area (Å²) < 4.78 is 152. The van der Waals surface area contributed by atoms with Crippen molar-refractivity contribution in [1.82, 2.24) is 21.3 Å². The second-order valence-electron chi connectivity index (χ2n) is 33.5. The highest BCUT2D eigenvalue weighted by Crippen LogP contribution is 2.52. The molecule has 17 unspecified atom stereocenters. The van der Waals surface area contributed by atoms with Gasteiger partial charge in [0.2, 0.25) is 11.5 Å². The molecular weight excluding hydrogens is 1680 g/mol. The molecule has 738 valence electrons. The first-order valence-corrected chi connectivity index (χ1v) is 46.8. The van der Waals surface area contributed by atoms with Gasteiger partial charge in [-0.05, 0) is 109 Å². The van der Waals surface area contributed by atoms with E-state index < -0.39 is 41.9 Å². The second kappa shape index (κ2) is 64.3. The van der Waals surface area contributed by atoms with Crippen molar-refractivity contribution in [1.29, 1.82) is 0 Å². The van der Waals surface area contributed by atoms with Crippen molar-refractivity contribution in [3.05, 3.63) is 35.4 Å². The number of esters is 2. The Balaban J connectivity index is 1.09. The van der Waals surface area contributed by atoms with Gasteiger partial charge in [-0.15, -0.1) is 5.92 Å². The molecule has 19 atom stereocenters. The number of carboxylic acids is 1. The summed E-state index contributed by atoms with van der Waals surface area (Å²) in [5.74, 6) is 6.38. The van der Waals surface area contributed by atoms with Crippen LogP contribution in [0.3, 0.4) is 0 Å². The number of hydrogen-bond donors (Lipinski definition) is 6. The lowest BCUT2D eigenvalue weighted by atomic mass is 9.73. The molecule has 5 heterocycles. The molecule has 1 saturated carbocycles. The van der Waals surface area contributed by atoms with Gasteiger partial charge in [-0.25, -0.2) is 0 Å². The quantitative estimate of drug-likeness (QED) is 0.0236. The number of benzene rings is 2. The number of unbranched alkanes of at least 4 members (excludes halogenated alkanes) is 1. The molecule has 5 saturated heterocycles. The molecule has 129 heavy (non-hydrogen) atoms. The first kappa shape index (κ1) is 109. The Kier molecular flexibility index (Phi) is 54.1. The van der Waals surface area contributed by atoms with Crippen molar-refractivity contribution in [3.63, 3.8) is 0 Å². The minimum absolute atomic E-state index is 0.0102. The fourth-order valence-electron chi connectivity index (χ4n) is 18.7. The fraction of sp³-hybridized carbons (Fsp3) is 0.819. The first-order chi connectivity index (χ1) is 63.1. The second-order valence-corrected chi connectivity index (χ2v) is 33.5. The molecule has 0 spiro atoms. The van der Waals surface area contributed by atoms with Crippen molar-refractivity contribution >= 4 is 17.9 Å². The number of methoxy groups -OCH3 is 6. The zero-order valence-electron chi connectivity index (χ0n) is 78.7. The minimum Gasteiger partial charge on any atom is -0.487 e. The van der Waals surface area contributed by atoms with Gasteiger partial charge in [0, 0.05) is 116 Å². The van der Waals surface area contributed by atoms with E-state index in [1.807, 2.05) is 0 Å². The lowest BCUT2D eigenvalue weighted by Crippen LogP contribution is -2.51. The monoisotopic (exact) mass is 1840 g/mol. The summed E-state index contributed by atoms with van der Waals surface area (Å²) in [6, 6.07) is 6.07. The number of carbonyl (C=O) groups excluding carboxylic acids is 2. The highest BCUT2D eigenvalue weighted by atomic mass is 16.6. The van der Waals surface area contributed by atoms with Crippen LogP contribution in [0.2, 0.25) is 0 Å². The van der Waals surface area contributed by atoms with E-state index in [9.17, 15) is 19.8 Å². The first-order valence-electron chi connectivity index (χ1n) is 46.8. The molecule has 0 amide bonds. The van der Waals surface area contributed by atoms with Crippen molar-refractivity contribution in [3.8, 4) is 46.3 Å². The maximum absolute atomic E-state index is 15.9. The lowest BCUT2D eigenvalue weighted by molar-refractivity contribution is -0.152. The minimum atomic E-state index is -0.905. The van der Waals surface area contributed by atoms with E-state index >= 15 is 4.79 Å². The largest absolute Gasteiger partial charge is 0.487 e. The molecule has 35 nitrogen and oxygen atoms in total. The van der Waals surface area contributed by atoms with Crippen LogP contribution < -0.4 is 49.7 Å². The maximum Gasteiger partial charge on any atom is 0.311 e. The highest BCUT2D eigenvalue weighted by molar-refractivity contribution is 5.75. The third-order valence-corrected chi connectivity index (χ3v) is 25.1. The van der Waals surface area contributed by atoms with Crippen LogP contribution >= 0.6 is 0 Å². The van der Waals surface area contributed by atoms with E-state index in [4.69, 9.17) is 123 Å². The van der Waals surface area contributed by atoms with Gasteiger partial charge in [-0.1, -0.05) is 47.0 Å². The molecule has 2 aromatic carbocycles. The standard InChI is InChI=1S/C94H156N4O31/c1-12-71-65(2)75-62-78-86(94(103)129-64-70-58-82(124-52-46-118-40-34-112-28-22-106-8)93(127-55-49-121-43-37-115-31-25-109-11)83(59-70)125-53-47-119-41-35-113-29-23-107-9)68(5)89(97-78)73(16-14-13-15-17-84(100)101)88-66(3)72(90(98-88)74-60-79(99)87-67(4)76(96-91(74)87)61-77(71)95-75)18-19-85(102)128-63-69-56-80(122-50-44-116-38-32-110-26-20-104-6)92(126-54-48-120-42-36-114-30-24-108-10)81(57-69)123-51-45-117-39-33-111-27-21-105-7/h56-59,65-68,71-79,86-91,95-99H,12-13,15,17-55,60-64H2,1-11H3,(H,100,101)/t65?,66-,67?,68?,71?,72-,73?,74?,75?,76?,77?,78?,79?,86?,87?,88?,89?,90?,91?/m0/s1. The third-order valence-electron chi connectivity index (χ3n) is 25.1. The number of aliphatic hydroxyl groups excluding tert-OH is 1. The van der Waals surface area contributed by atoms with Crippen LogP contribution in [0.5, 0.6) is 34.5 Å². The Morgan fingerprint density at radius 1 is 0.380 bits per heavy atom. The van der Waals surface area contributed by atoms with Crippen molar-refractivity contribution in [2.24, 2.45) is 59.2 Å². The SMILES string of the molecule is CCC1C2CC3NC4C(CC(O)C4C3C)C3NC(C(C#CCCCC(=O)O)C4NC(CC(N2)C1C)C(C(=O)OCc1cc(OCCOCCOCCOC)c(OCCOCCOCCOC)c(OCCOCCOCCOC)c1)C4C)[C@@H](C)[C@@H]3CCC(=O)OCc1cc(OCCOCCOCCOC)c(OCCOCCOCCOC)c(OCCOCCOCCOC)c1. The number of carboxylic acid groups (broad SMARTS) is 1. The van der Waals surface area contributed by atoms with Crippen LogP contribution in [0.1, 0.15) is 104 Å². The van der Waals surface area contributed by atoms with Gasteiger partial charge >= 0.3 is 17.9 Å².